The molecule has 0 aliphatic carbocycles. The molecule has 1 saturated heterocycles. The van der Waals surface area contributed by atoms with Gasteiger partial charge in [-0.05, 0) is 44.2 Å². The van der Waals surface area contributed by atoms with Crippen LogP contribution >= 0.6 is 0 Å². The highest BCUT2D eigenvalue weighted by Gasteiger charge is 2.32. The minimum Gasteiger partial charge on any atom is -0.335 e. The predicted molar refractivity (Wildman–Crippen MR) is 112 cm³/mol. The number of hydrogen-bond acceptors (Lipinski definition) is 5. The van der Waals surface area contributed by atoms with Gasteiger partial charge in [-0.25, -0.2) is 21.9 Å². The molecular formula is C21H21F2N5O3S. The van der Waals surface area contributed by atoms with Gasteiger partial charge in [0, 0.05) is 26.2 Å². The standard InChI is InChI=1S/C21H21F2N5O3S/c1-14-3-5-16(6-4-14)28-15(2)20(24-25-28)21(29)26-9-11-27(12-10-26)32(30,31)17-7-8-18(22)19(23)13-17/h3-8,13H,9-12H2,1-2H3. The minimum atomic E-state index is -4.00. The summed E-state index contributed by atoms with van der Waals surface area (Å²) in [5, 5.41) is 8.12. The van der Waals surface area contributed by atoms with Crippen molar-refractivity contribution in [3.8, 4) is 5.69 Å². The summed E-state index contributed by atoms with van der Waals surface area (Å²) in [5.41, 5.74) is 2.65. The number of aromatic nitrogens is 3. The molecule has 0 saturated carbocycles. The highest BCUT2D eigenvalue weighted by molar-refractivity contribution is 7.89. The molecule has 11 heteroatoms. The summed E-state index contributed by atoms with van der Waals surface area (Å²) in [4.78, 5) is 14.2. The molecular weight excluding hydrogens is 440 g/mol. The van der Waals surface area contributed by atoms with Gasteiger partial charge < -0.3 is 4.90 Å². The lowest BCUT2D eigenvalue weighted by molar-refractivity contribution is 0.0691. The zero-order valence-electron chi connectivity index (χ0n) is 17.5. The van der Waals surface area contributed by atoms with Gasteiger partial charge in [-0.1, -0.05) is 22.9 Å². The normalized spacial score (nSPS) is 15.2. The second-order valence-electron chi connectivity index (χ2n) is 7.54. The number of halogens is 2. The Labute approximate surface area is 184 Å². The summed E-state index contributed by atoms with van der Waals surface area (Å²) in [6.45, 7) is 4.05. The largest absolute Gasteiger partial charge is 0.335 e. The van der Waals surface area contributed by atoms with Gasteiger partial charge in [-0.2, -0.15) is 4.31 Å². The summed E-state index contributed by atoms with van der Waals surface area (Å²) in [7, 11) is -4.00. The molecule has 3 aromatic rings. The van der Waals surface area contributed by atoms with Crippen molar-refractivity contribution in [2.45, 2.75) is 18.7 Å². The molecule has 1 fully saturated rings. The Morgan fingerprint density at radius 2 is 1.59 bits per heavy atom. The van der Waals surface area contributed by atoms with Crippen LogP contribution in [0, 0.1) is 25.5 Å². The van der Waals surface area contributed by atoms with E-state index in [1.54, 1.807) is 11.6 Å². The van der Waals surface area contributed by atoms with Crippen LogP contribution in [0.1, 0.15) is 21.7 Å². The van der Waals surface area contributed by atoms with Crippen LogP contribution in [0.5, 0.6) is 0 Å². The van der Waals surface area contributed by atoms with Crippen molar-refractivity contribution in [3.63, 3.8) is 0 Å². The van der Waals surface area contributed by atoms with Crippen molar-refractivity contribution in [1.29, 1.82) is 0 Å². The van der Waals surface area contributed by atoms with Crippen molar-refractivity contribution in [3.05, 3.63) is 71.1 Å². The number of nitrogens with zero attached hydrogens (tertiary/aromatic N) is 5. The number of hydrogen-bond donors (Lipinski definition) is 0. The number of amides is 1. The van der Waals surface area contributed by atoms with Crippen LogP contribution in [0.25, 0.3) is 5.69 Å². The molecule has 1 aromatic heterocycles. The quantitative estimate of drug-likeness (QED) is 0.595. The Morgan fingerprint density at radius 3 is 2.22 bits per heavy atom. The van der Waals surface area contributed by atoms with Crippen molar-refractivity contribution in [2.75, 3.05) is 26.2 Å². The first kappa shape index (κ1) is 22.0. The molecule has 0 radical (unpaired) electrons. The topological polar surface area (TPSA) is 88.4 Å². The third kappa shape index (κ3) is 4.00. The van der Waals surface area contributed by atoms with Gasteiger partial charge >= 0.3 is 0 Å². The molecule has 0 N–H and O–H groups in total. The van der Waals surface area contributed by atoms with Crippen LogP contribution in [-0.2, 0) is 10.0 Å². The maximum atomic E-state index is 13.5. The molecule has 32 heavy (non-hydrogen) atoms. The first-order valence-electron chi connectivity index (χ1n) is 9.92. The third-order valence-corrected chi connectivity index (χ3v) is 7.33. The average molecular weight is 461 g/mol. The maximum Gasteiger partial charge on any atom is 0.276 e. The zero-order chi connectivity index (χ0) is 23.0. The summed E-state index contributed by atoms with van der Waals surface area (Å²) < 4.78 is 54.9. The minimum absolute atomic E-state index is 0.0260. The van der Waals surface area contributed by atoms with E-state index in [1.807, 2.05) is 31.2 Å². The SMILES string of the molecule is Cc1ccc(-n2nnc(C(=O)N3CCN(S(=O)(=O)c4ccc(F)c(F)c4)CC3)c2C)cc1. The molecule has 1 aliphatic rings. The molecule has 168 valence electrons. The third-order valence-electron chi connectivity index (χ3n) is 5.43. The van der Waals surface area contributed by atoms with E-state index in [1.165, 1.54) is 4.90 Å². The van der Waals surface area contributed by atoms with E-state index in [0.717, 1.165) is 27.7 Å². The Bertz CT molecular complexity index is 1270. The first-order chi connectivity index (χ1) is 15.2. The van der Waals surface area contributed by atoms with E-state index >= 15 is 0 Å². The van der Waals surface area contributed by atoms with Gasteiger partial charge in [0.25, 0.3) is 5.91 Å². The lowest BCUT2D eigenvalue weighted by Crippen LogP contribution is -2.50. The number of sulfonamides is 1. The lowest BCUT2D eigenvalue weighted by Gasteiger charge is -2.33. The zero-order valence-corrected chi connectivity index (χ0v) is 18.3. The Kier molecular flexibility index (Phi) is 5.78. The molecule has 1 amide bonds. The van der Waals surface area contributed by atoms with E-state index in [9.17, 15) is 22.0 Å². The molecule has 2 aromatic carbocycles. The fourth-order valence-corrected chi connectivity index (χ4v) is 4.96. The highest BCUT2D eigenvalue weighted by Crippen LogP contribution is 2.21. The van der Waals surface area contributed by atoms with Crippen molar-refractivity contribution in [2.24, 2.45) is 0 Å². The second kappa shape index (κ2) is 8.40. The van der Waals surface area contributed by atoms with Gasteiger partial charge in [0.05, 0.1) is 16.3 Å². The number of benzene rings is 2. The Balaban J connectivity index is 1.47. The van der Waals surface area contributed by atoms with Gasteiger partial charge in [0.2, 0.25) is 10.0 Å². The van der Waals surface area contributed by atoms with Gasteiger partial charge in [-0.3, -0.25) is 4.79 Å². The smallest absolute Gasteiger partial charge is 0.276 e. The molecule has 0 bridgehead atoms. The average Bonchev–Trinajstić information content (AvgIpc) is 3.17. The number of piperazine rings is 1. The summed E-state index contributed by atoms with van der Waals surface area (Å²) in [5.74, 6) is -2.69. The van der Waals surface area contributed by atoms with E-state index in [0.29, 0.717) is 11.8 Å². The van der Waals surface area contributed by atoms with E-state index in [-0.39, 0.29) is 42.7 Å². The van der Waals surface area contributed by atoms with Gasteiger partial charge in [0.1, 0.15) is 0 Å². The lowest BCUT2D eigenvalue weighted by atomic mass is 10.2. The number of carbonyl (C=O) groups is 1. The van der Waals surface area contributed by atoms with E-state index in [2.05, 4.69) is 10.3 Å². The Morgan fingerprint density at radius 1 is 0.938 bits per heavy atom. The summed E-state index contributed by atoms with van der Waals surface area (Å²) in [6.07, 6.45) is 0. The second-order valence-corrected chi connectivity index (χ2v) is 9.48. The maximum absolute atomic E-state index is 13.5. The molecule has 8 nitrogen and oxygen atoms in total. The van der Waals surface area contributed by atoms with Crippen LogP contribution in [0.15, 0.2) is 47.4 Å². The molecule has 0 unspecified atom stereocenters. The van der Waals surface area contributed by atoms with Crippen LogP contribution < -0.4 is 0 Å². The van der Waals surface area contributed by atoms with Crippen molar-refractivity contribution >= 4 is 15.9 Å². The predicted octanol–water partition coefficient (Wildman–Crippen LogP) is 2.31. The van der Waals surface area contributed by atoms with Crippen LogP contribution in [-0.4, -0.2) is 64.7 Å². The molecule has 4 rings (SSSR count). The fourth-order valence-electron chi connectivity index (χ4n) is 3.53. The van der Waals surface area contributed by atoms with E-state index < -0.39 is 21.7 Å². The summed E-state index contributed by atoms with van der Waals surface area (Å²) in [6, 6.07) is 10.1. The number of carbonyl (C=O) groups excluding carboxylic acids is 1. The first-order valence-corrected chi connectivity index (χ1v) is 11.4. The molecule has 0 atom stereocenters. The van der Waals surface area contributed by atoms with E-state index in [4.69, 9.17) is 0 Å². The van der Waals surface area contributed by atoms with Crippen LogP contribution in [0.2, 0.25) is 0 Å². The van der Waals surface area contributed by atoms with Crippen LogP contribution in [0.4, 0.5) is 8.78 Å². The van der Waals surface area contributed by atoms with Gasteiger partial charge in [0.15, 0.2) is 17.3 Å². The fraction of sp³-hybridized carbons (Fsp3) is 0.286. The number of aryl methyl sites for hydroxylation is 1. The van der Waals surface area contributed by atoms with Crippen LogP contribution in [0.3, 0.4) is 0 Å². The Hall–Kier alpha value is -3.18. The highest BCUT2D eigenvalue weighted by atomic mass is 32.2. The molecule has 0 spiro atoms. The van der Waals surface area contributed by atoms with Crippen molar-refractivity contribution < 1.29 is 22.0 Å². The number of rotatable bonds is 4. The van der Waals surface area contributed by atoms with Crippen molar-refractivity contribution in [1.82, 2.24) is 24.2 Å². The molecule has 2 heterocycles. The van der Waals surface area contributed by atoms with Gasteiger partial charge in [-0.15, -0.1) is 5.10 Å². The molecule has 1 aliphatic heterocycles. The summed E-state index contributed by atoms with van der Waals surface area (Å²) >= 11 is 0. The monoisotopic (exact) mass is 461 g/mol.